The van der Waals surface area contributed by atoms with E-state index < -0.39 is 0 Å². The van der Waals surface area contributed by atoms with Crippen LogP contribution in [0, 0.1) is 19.7 Å². The fourth-order valence-corrected chi connectivity index (χ4v) is 2.69. The zero-order chi connectivity index (χ0) is 15.4. The molecule has 0 saturated carbocycles. The van der Waals surface area contributed by atoms with Gasteiger partial charge in [-0.25, -0.2) is 4.39 Å². The first-order chi connectivity index (χ1) is 10.1. The summed E-state index contributed by atoms with van der Waals surface area (Å²) >= 11 is 0. The topological polar surface area (TPSA) is 47.3 Å². The summed E-state index contributed by atoms with van der Waals surface area (Å²) in [5, 5.41) is 0. The van der Waals surface area contributed by atoms with Crippen LogP contribution in [0.15, 0.2) is 36.4 Å². The van der Waals surface area contributed by atoms with Crippen molar-refractivity contribution in [2.24, 2.45) is 5.84 Å². The Morgan fingerprint density at radius 2 is 1.86 bits per heavy atom. The maximum Gasteiger partial charge on any atom is 0.165 e. The van der Waals surface area contributed by atoms with Crippen molar-refractivity contribution in [1.29, 1.82) is 0 Å². The zero-order valence-electron chi connectivity index (χ0n) is 12.6. The molecular formula is C17H21FN2O. The van der Waals surface area contributed by atoms with E-state index in [9.17, 15) is 4.39 Å². The lowest BCUT2D eigenvalue weighted by Crippen LogP contribution is -2.30. The fourth-order valence-electron chi connectivity index (χ4n) is 2.69. The lowest BCUT2D eigenvalue weighted by atomic mass is 9.92. The molecule has 0 radical (unpaired) electrons. The molecule has 0 amide bonds. The molecule has 0 saturated heterocycles. The zero-order valence-corrected chi connectivity index (χ0v) is 12.6. The third-order valence-corrected chi connectivity index (χ3v) is 3.75. The van der Waals surface area contributed by atoms with E-state index in [1.165, 1.54) is 24.3 Å². The first kappa shape index (κ1) is 15.5. The monoisotopic (exact) mass is 288 g/mol. The van der Waals surface area contributed by atoms with Gasteiger partial charge in [0.2, 0.25) is 0 Å². The van der Waals surface area contributed by atoms with Crippen LogP contribution < -0.4 is 16.0 Å². The number of nitrogens with two attached hydrogens (primary N) is 1. The van der Waals surface area contributed by atoms with E-state index in [-0.39, 0.29) is 17.6 Å². The van der Waals surface area contributed by atoms with Gasteiger partial charge in [-0.15, -0.1) is 0 Å². The Bertz CT molecular complexity index is 608. The molecule has 0 spiro atoms. The highest BCUT2D eigenvalue weighted by molar-refractivity contribution is 5.38. The molecule has 1 unspecified atom stereocenters. The SMILES string of the molecule is COc1ccc(CC(NN)c2c(C)cccc2C)cc1F. The molecule has 3 N–H and O–H groups in total. The molecular weight excluding hydrogens is 267 g/mol. The molecule has 0 bridgehead atoms. The Balaban J connectivity index is 2.29. The van der Waals surface area contributed by atoms with E-state index in [0.717, 1.165) is 11.1 Å². The van der Waals surface area contributed by atoms with Gasteiger partial charge in [0.25, 0.3) is 0 Å². The third kappa shape index (κ3) is 3.40. The van der Waals surface area contributed by atoms with E-state index in [4.69, 9.17) is 10.6 Å². The smallest absolute Gasteiger partial charge is 0.165 e. The normalized spacial score (nSPS) is 12.2. The summed E-state index contributed by atoms with van der Waals surface area (Å²) in [7, 11) is 1.46. The Hall–Kier alpha value is -1.91. The van der Waals surface area contributed by atoms with E-state index >= 15 is 0 Å². The van der Waals surface area contributed by atoms with Gasteiger partial charge in [-0.2, -0.15) is 0 Å². The summed E-state index contributed by atoms with van der Waals surface area (Å²) in [4.78, 5) is 0. The molecule has 0 fully saturated rings. The van der Waals surface area contributed by atoms with E-state index in [0.29, 0.717) is 6.42 Å². The number of ether oxygens (including phenoxy) is 1. The minimum Gasteiger partial charge on any atom is -0.494 e. The van der Waals surface area contributed by atoms with Gasteiger partial charge in [-0.3, -0.25) is 11.3 Å². The average molecular weight is 288 g/mol. The highest BCUT2D eigenvalue weighted by atomic mass is 19.1. The van der Waals surface area contributed by atoms with Crippen molar-refractivity contribution < 1.29 is 9.13 Å². The molecule has 0 aliphatic heterocycles. The number of aryl methyl sites for hydroxylation is 2. The van der Waals surface area contributed by atoms with Gasteiger partial charge in [0.1, 0.15) is 0 Å². The van der Waals surface area contributed by atoms with Gasteiger partial charge in [0.05, 0.1) is 13.2 Å². The van der Waals surface area contributed by atoms with Crippen molar-refractivity contribution in [2.75, 3.05) is 7.11 Å². The molecule has 2 aromatic carbocycles. The second-order valence-corrected chi connectivity index (χ2v) is 5.20. The molecule has 0 heterocycles. The van der Waals surface area contributed by atoms with Gasteiger partial charge in [-0.1, -0.05) is 24.3 Å². The predicted octanol–water partition coefficient (Wildman–Crippen LogP) is 3.20. The maximum absolute atomic E-state index is 13.8. The summed E-state index contributed by atoms with van der Waals surface area (Å²) in [5.41, 5.74) is 7.23. The third-order valence-electron chi connectivity index (χ3n) is 3.75. The van der Waals surface area contributed by atoms with Crippen molar-refractivity contribution >= 4 is 0 Å². The van der Waals surface area contributed by atoms with Gasteiger partial charge >= 0.3 is 0 Å². The molecule has 2 rings (SSSR count). The highest BCUT2D eigenvalue weighted by Crippen LogP contribution is 2.26. The number of methoxy groups -OCH3 is 1. The number of hydrogen-bond acceptors (Lipinski definition) is 3. The van der Waals surface area contributed by atoms with E-state index in [1.807, 2.05) is 12.1 Å². The number of hydrazine groups is 1. The Kier molecular flexibility index (Phi) is 4.94. The number of benzene rings is 2. The van der Waals surface area contributed by atoms with Crippen molar-refractivity contribution in [3.63, 3.8) is 0 Å². The molecule has 1 atom stereocenters. The first-order valence-corrected chi connectivity index (χ1v) is 6.91. The van der Waals surface area contributed by atoms with E-state index in [1.54, 1.807) is 6.07 Å². The van der Waals surface area contributed by atoms with Crippen molar-refractivity contribution in [3.8, 4) is 5.75 Å². The van der Waals surface area contributed by atoms with Crippen LogP contribution in [0.2, 0.25) is 0 Å². The molecule has 0 aliphatic rings. The summed E-state index contributed by atoms with van der Waals surface area (Å²) in [6, 6.07) is 11.1. The van der Waals surface area contributed by atoms with Crippen LogP contribution in [0.5, 0.6) is 5.75 Å². The molecule has 2 aromatic rings. The minimum atomic E-state index is -0.354. The van der Waals surface area contributed by atoms with Gasteiger partial charge in [-0.05, 0) is 54.7 Å². The number of nitrogens with one attached hydrogen (secondary N) is 1. The van der Waals surface area contributed by atoms with Crippen LogP contribution in [-0.2, 0) is 6.42 Å². The van der Waals surface area contributed by atoms with Crippen LogP contribution in [0.25, 0.3) is 0 Å². The van der Waals surface area contributed by atoms with Crippen LogP contribution in [0.1, 0.15) is 28.3 Å². The van der Waals surface area contributed by atoms with Crippen LogP contribution >= 0.6 is 0 Å². The van der Waals surface area contributed by atoms with Crippen molar-refractivity contribution in [1.82, 2.24) is 5.43 Å². The molecule has 0 aliphatic carbocycles. The number of halogens is 1. The van der Waals surface area contributed by atoms with E-state index in [2.05, 4.69) is 31.4 Å². The molecule has 0 aromatic heterocycles. The second kappa shape index (κ2) is 6.70. The van der Waals surface area contributed by atoms with Crippen LogP contribution in [-0.4, -0.2) is 7.11 Å². The van der Waals surface area contributed by atoms with Crippen LogP contribution in [0.4, 0.5) is 4.39 Å². The molecule has 4 heteroatoms. The number of hydrogen-bond donors (Lipinski definition) is 2. The van der Waals surface area contributed by atoms with Gasteiger partial charge < -0.3 is 4.74 Å². The molecule has 112 valence electrons. The highest BCUT2D eigenvalue weighted by Gasteiger charge is 2.16. The second-order valence-electron chi connectivity index (χ2n) is 5.20. The summed E-state index contributed by atoms with van der Waals surface area (Å²) < 4.78 is 18.7. The summed E-state index contributed by atoms with van der Waals surface area (Å²) in [6.07, 6.45) is 0.614. The largest absolute Gasteiger partial charge is 0.494 e. The molecule has 21 heavy (non-hydrogen) atoms. The quantitative estimate of drug-likeness (QED) is 0.656. The Morgan fingerprint density at radius 1 is 1.19 bits per heavy atom. The Morgan fingerprint density at radius 3 is 2.38 bits per heavy atom. The van der Waals surface area contributed by atoms with Gasteiger partial charge in [0.15, 0.2) is 11.6 Å². The lowest BCUT2D eigenvalue weighted by Gasteiger charge is -2.21. The predicted molar refractivity (Wildman–Crippen MR) is 82.6 cm³/mol. The fraction of sp³-hybridized carbons (Fsp3) is 0.294. The first-order valence-electron chi connectivity index (χ1n) is 6.91. The Labute approximate surface area is 124 Å². The van der Waals surface area contributed by atoms with Crippen molar-refractivity contribution in [2.45, 2.75) is 26.3 Å². The van der Waals surface area contributed by atoms with Crippen LogP contribution in [0.3, 0.4) is 0 Å². The standard InChI is InChI=1S/C17H21FN2O/c1-11-5-4-6-12(2)17(11)15(20-19)10-13-7-8-16(21-3)14(18)9-13/h4-9,15,20H,10,19H2,1-3H3. The summed E-state index contributed by atoms with van der Waals surface area (Å²) in [6.45, 7) is 4.11. The van der Waals surface area contributed by atoms with Gasteiger partial charge in [0, 0.05) is 0 Å². The molecule has 3 nitrogen and oxygen atoms in total. The van der Waals surface area contributed by atoms with Crippen molar-refractivity contribution in [3.05, 3.63) is 64.5 Å². The summed E-state index contributed by atoms with van der Waals surface area (Å²) in [5.74, 6) is 5.61. The average Bonchev–Trinajstić information content (AvgIpc) is 2.46. The lowest BCUT2D eigenvalue weighted by molar-refractivity contribution is 0.386. The minimum absolute atomic E-state index is 0.0565. The maximum atomic E-state index is 13.8. The number of rotatable bonds is 5.